The van der Waals surface area contributed by atoms with Crippen molar-refractivity contribution in [2.45, 2.75) is 36.6 Å². The van der Waals surface area contributed by atoms with Crippen molar-refractivity contribution in [2.75, 3.05) is 12.3 Å². The molecule has 1 aromatic carbocycles. The number of halogens is 1. The third kappa shape index (κ3) is 3.79. The molecule has 0 radical (unpaired) electrons. The van der Waals surface area contributed by atoms with Gasteiger partial charge in [0.25, 0.3) is 0 Å². The van der Waals surface area contributed by atoms with Crippen molar-refractivity contribution in [1.29, 1.82) is 0 Å². The average Bonchev–Trinajstić information content (AvgIpc) is 2.79. The minimum Gasteiger partial charge on any atom is -0.313 e. The van der Waals surface area contributed by atoms with E-state index in [0.717, 1.165) is 18.3 Å². The number of thioether (sulfide) groups is 1. The maximum absolute atomic E-state index is 3.64. The van der Waals surface area contributed by atoms with E-state index in [-0.39, 0.29) is 0 Å². The summed E-state index contributed by atoms with van der Waals surface area (Å²) in [6.07, 6.45) is 5.57. The van der Waals surface area contributed by atoms with Crippen LogP contribution in [-0.4, -0.2) is 18.3 Å². The van der Waals surface area contributed by atoms with Crippen molar-refractivity contribution >= 4 is 27.7 Å². The summed E-state index contributed by atoms with van der Waals surface area (Å²) in [5.41, 5.74) is 0. The van der Waals surface area contributed by atoms with Crippen molar-refractivity contribution in [3.63, 3.8) is 0 Å². The Morgan fingerprint density at radius 1 is 1.25 bits per heavy atom. The number of rotatable bonds is 5. The van der Waals surface area contributed by atoms with Crippen molar-refractivity contribution in [3.8, 4) is 0 Å². The van der Waals surface area contributed by atoms with E-state index in [2.05, 4.69) is 45.5 Å². The van der Waals surface area contributed by atoms with Gasteiger partial charge in [-0.2, -0.15) is 0 Å². The zero-order valence-corrected chi connectivity index (χ0v) is 11.8. The van der Waals surface area contributed by atoms with Crippen LogP contribution in [0.15, 0.2) is 33.6 Å². The lowest BCUT2D eigenvalue weighted by Gasteiger charge is -2.11. The van der Waals surface area contributed by atoms with Gasteiger partial charge in [0.05, 0.1) is 0 Å². The third-order valence-corrected chi connectivity index (χ3v) is 5.01. The van der Waals surface area contributed by atoms with Crippen LogP contribution in [0.2, 0.25) is 0 Å². The molecule has 1 fully saturated rings. The molecule has 0 unspecified atom stereocenters. The predicted molar refractivity (Wildman–Crippen MR) is 75.1 cm³/mol. The van der Waals surface area contributed by atoms with Gasteiger partial charge in [0.15, 0.2) is 0 Å². The molecular formula is C13H18BrNS. The molecule has 0 heterocycles. The van der Waals surface area contributed by atoms with E-state index in [0.29, 0.717) is 0 Å². The first-order valence-corrected chi connectivity index (χ1v) is 7.75. The summed E-state index contributed by atoms with van der Waals surface area (Å²) in [4.78, 5) is 1.34. The number of hydrogen-bond acceptors (Lipinski definition) is 2. The number of benzene rings is 1. The second-order valence-corrected chi connectivity index (χ2v) is 6.21. The topological polar surface area (TPSA) is 12.0 Å². The Labute approximate surface area is 111 Å². The summed E-state index contributed by atoms with van der Waals surface area (Å²) in [5, 5.41) is 3.64. The summed E-state index contributed by atoms with van der Waals surface area (Å²) in [6.45, 7) is 1.12. The predicted octanol–water partition coefficient (Wildman–Crippen LogP) is 4.07. The molecule has 0 saturated heterocycles. The molecule has 2 rings (SSSR count). The molecule has 1 saturated carbocycles. The van der Waals surface area contributed by atoms with E-state index >= 15 is 0 Å². The summed E-state index contributed by atoms with van der Waals surface area (Å²) < 4.78 is 1.21. The van der Waals surface area contributed by atoms with Gasteiger partial charge in [-0.25, -0.2) is 0 Å². The zero-order valence-electron chi connectivity index (χ0n) is 9.42. The standard InChI is InChI=1S/C13H18BrNS/c14-12-7-3-4-8-13(12)16-10-9-15-11-5-1-2-6-11/h3-4,7-8,11,15H,1-2,5-6,9-10H2. The van der Waals surface area contributed by atoms with E-state index in [1.165, 1.54) is 35.1 Å². The summed E-state index contributed by atoms with van der Waals surface area (Å²) in [7, 11) is 0. The summed E-state index contributed by atoms with van der Waals surface area (Å²) in [5.74, 6) is 1.15. The fraction of sp³-hybridized carbons (Fsp3) is 0.538. The molecule has 0 aromatic heterocycles. The fourth-order valence-electron chi connectivity index (χ4n) is 2.12. The molecule has 1 N–H and O–H groups in total. The fourth-order valence-corrected chi connectivity index (χ4v) is 3.56. The Bertz CT molecular complexity index is 323. The smallest absolute Gasteiger partial charge is 0.0311 e. The van der Waals surface area contributed by atoms with Gasteiger partial charge in [0.2, 0.25) is 0 Å². The van der Waals surface area contributed by atoms with Crippen LogP contribution >= 0.6 is 27.7 Å². The lowest BCUT2D eigenvalue weighted by Crippen LogP contribution is -2.27. The molecule has 0 bridgehead atoms. The van der Waals surface area contributed by atoms with Crippen LogP contribution in [0.25, 0.3) is 0 Å². The van der Waals surface area contributed by atoms with Gasteiger partial charge in [0.1, 0.15) is 0 Å². The highest BCUT2D eigenvalue weighted by Gasteiger charge is 2.13. The van der Waals surface area contributed by atoms with Gasteiger partial charge in [-0.3, -0.25) is 0 Å². The van der Waals surface area contributed by atoms with Gasteiger partial charge in [-0.1, -0.05) is 25.0 Å². The lowest BCUT2D eigenvalue weighted by atomic mass is 10.2. The Balaban J connectivity index is 1.66. The van der Waals surface area contributed by atoms with Crippen LogP contribution in [0.1, 0.15) is 25.7 Å². The zero-order chi connectivity index (χ0) is 11.2. The van der Waals surface area contributed by atoms with E-state index in [1.807, 2.05) is 11.8 Å². The average molecular weight is 300 g/mol. The molecule has 0 atom stereocenters. The van der Waals surface area contributed by atoms with Gasteiger partial charge in [-0.15, -0.1) is 11.8 Å². The van der Waals surface area contributed by atoms with Gasteiger partial charge in [0, 0.05) is 27.7 Å². The van der Waals surface area contributed by atoms with Crippen molar-refractivity contribution in [1.82, 2.24) is 5.32 Å². The minimum absolute atomic E-state index is 0.791. The first-order valence-electron chi connectivity index (χ1n) is 5.97. The molecule has 0 aliphatic heterocycles. The molecule has 1 nitrogen and oxygen atoms in total. The van der Waals surface area contributed by atoms with Gasteiger partial charge in [-0.05, 0) is 40.9 Å². The Kier molecular flexibility index (Phi) is 5.20. The molecule has 1 aliphatic rings. The maximum Gasteiger partial charge on any atom is 0.0311 e. The monoisotopic (exact) mass is 299 g/mol. The second-order valence-electron chi connectivity index (χ2n) is 4.21. The van der Waals surface area contributed by atoms with Crippen LogP contribution in [0, 0.1) is 0 Å². The van der Waals surface area contributed by atoms with E-state index in [9.17, 15) is 0 Å². The largest absolute Gasteiger partial charge is 0.313 e. The molecule has 1 aliphatic carbocycles. The highest BCUT2D eigenvalue weighted by molar-refractivity contribution is 9.10. The van der Waals surface area contributed by atoms with Crippen LogP contribution in [0.3, 0.4) is 0 Å². The molecule has 0 spiro atoms. The minimum atomic E-state index is 0.791. The normalized spacial score (nSPS) is 16.8. The first-order chi connectivity index (χ1) is 7.86. The molecule has 3 heteroatoms. The number of hydrogen-bond donors (Lipinski definition) is 1. The Hall–Kier alpha value is 0.01000. The summed E-state index contributed by atoms with van der Waals surface area (Å²) in [6, 6.07) is 9.22. The Morgan fingerprint density at radius 3 is 2.75 bits per heavy atom. The molecular weight excluding hydrogens is 282 g/mol. The maximum atomic E-state index is 3.64. The molecule has 88 valence electrons. The molecule has 16 heavy (non-hydrogen) atoms. The van der Waals surface area contributed by atoms with Crippen LogP contribution in [0.5, 0.6) is 0 Å². The van der Waals surface area contributed by atoms with Crippen molar-refractivity contribution in [3.05, 3.63) is 28.7 Å². The van der Waals surface area contributed by atoms with Crippen molar-refractivity contribution in [2.24, 2.45) is 0 Å². The van der Waals surface area contributed by atoms with Gasteiger partial charge < -0.3 is 5.32 Å². The molecule has 0 amide bonds. The van der Waals surface area contributed by atoms with E-state index in [4.69, 9.17) is 0 Å². The van der Waals surface area contributed by atoms with Crippen LogP contribution < -0.4 is 5.32 Å². The van der Waals surface area contributed by atoms with Crippen LogP contribution in [-0.2, 0) is 0 Å². The van der Waals surface area contributed by atoms with E-state index in [1.54, 1.807) is 0 Å². The second kappa shape index (κ2) is 6.67. The SMILES string of the molecule is Brc1ccccc1SCCNC1CCCC1. The lowest BCUT2D eigenvalue weighted by molar-refractivity contribution is 0.545. The molecule has 1 aromatic rings. The quantitative estimate of drug-likeness (QED) is 0.650. The van der Waals surface area contributed by atoms with Gasteiger partial charge >= 0.3 is 0 Å². The number of nitrogens with one attached hydrogen (secondary N) is 1. The van der Waals surface area contributed by atoms with Crippen LogP contribution in [0.4, 0.5) is 0 Å². The highest BCUT2D eigenvalue weighted by atomic mass is 79.9. The van der Waals surface area contributed by atoms with E-state index < -0.39 is 0 Å². The Morgan fingerprint density at radius 2 is 2.00 bits per heavy atom. The first kappa shape index (κ1) is 12.5. The summed E-state index contributed by atoms with van der Waals surface area (Å²) >= 11 is 5.49. The third-order valence-electron chi connectivity index (χ3n) is 2.98. The highest BCUT2D eigenvalue weighted by Crippen LogP contribution is 2.26. The van der Waals surface area contributed by atoms with Crippen molar-refractivity contribution < 1.29 is 0 Å².